The molecule has 2 aliphatic carbocycles. The summed E-state index contributed by atoms with van der Waals surface area (Å²) in [7, 11) is 0. The summed E-state index contributed by atoms with van der Waals surface area (Å²) in [5.74, 6) is 9.66. The lowest BCUT2D eigenvalue weighted by atomic mass is 9.67. The van der Waals surface area contributed by atoms with Gasteiger partial charge in [0.1, 0.15) is 24.0 Å². The molecule has 0 spiro atoms. The zero-order chi connectivity index (χ0) is 30.0. The second-order valence-electron chi connectivity index (χ2n) is 11.1. The molecule has 4 aliphatic rings. The van der Waals surface area contributed by atoms with Gasteiger partial charge < -0.3 is 19.7 Å². The number of benzene rings is 2. The lowest BCUT2D eigenvalue weighted by Gasteiger charge is -2.43. The van der Waals surface area contributed by atoms with Gasteiger partial charge in [-0.2, -0.15) is 0 Å². The fourth-order valence-electron chi connectivity index (χ4n) is 6.71. The summed E-state index contributed by atoms with van der Waals surface area (Å²) in [6.45, 7) is 9.24. The van der Waals surface area contributed by atoms with Crippen molar-refractivity contribution in [3.8, 4) is 29.4 Å². The van der Waals surface area contributed by atoms with Gasteiger partial charge in [0.15, 0.2) is 23.3 Å². The number of amides is 1. The van der Waals surface area contributed by atoms with Crippen LogP contribution in [0.1, 0.15) is 70.2 Å². The van der Waals surface area contributed by atoms with Crippen molar-refractivity contribution in [2.45, 2.75) is 57.0 Å². The lowest BCUT2D eigenvalue weighted by molar-refractivity contribution is 0.0974. The highest BCUT2D eigenvalue weighted by molar-refractivity contribution is 6.32. The number of hydrogen-bond donors (Lipinski definition) is 2. The number of ketones is 2. The largest absolute Gasteiger partial charge is 0.507 e. The fraction of sp³-hybridized carbons (Fsp3) is 0.324. The summed E-state index contributed by atoms with van der Waals surface area (Å²) in [5, 5.41) is 23.0. The number of hydrogen-bond acceptors (Lipinski definition) is 7. The molecule has 0 saturated carbocycles. The summed E-state index contributed by atoms with van der Waals surface area (Å²) in [6, 6.07) is 5.33. The standard InChI is InChI=1S/C34H29NO7/c1-5-11-20-14-15-21-22(17-20)31(39)27-24(36)18-23-29(28(27)30(21)38)35(32(40)41-16-6-2)25-12-9-7-8-10-13-26(37)34(23)33(25,42-34)19(3)4/h6-8,14-15,17-19,25-26,36-37H,2,5,11,16H2,1,3-4H3/b8-7-/t25-,26-,33-,34-/m0/s1. The molecule has 6 rings (SSSR count). The number of phenols is 1. The number of carbonyl (C=O) groups excluding carboxylic acids is 3. The normalized spacial score (nSPS) is 26.7. The van der Waals surface area contributed by atoms with Crippen LogP contribution in [0.15, 0.2) is 49.1 Å². The molecule has 0 unspecified atom stereocenters. The number of aryl methyl sites for hydroxylation is 1. The Morgan fingerprint density at radius 3 is 2.55 bits per heavy atom. The Hall–Kier alpha value is -4.63. The van der Waals surface area contributed by atoms with Gasteiger partial charge in [0, 0.05) is 16.7 Å². The van der Waals surface area contributed by atoms with Crippen LogP contribution in [0.2, 0.25) is 0 Å². The van der Waals surface area contributed by atoms with Gasteiger partial charge in [0.05, 0.1) is 16.8 Å². The molecular formula is C34H29NO7. The SMILES string of the molecule is C=CCOC(=O)N1c2c(cc(O)c3c2C(=O)c2ccc(CCC)cc2C3=O)[C@@]23O[C@@]2(C(C)C)[C@@H]1C#C/C=C\C#C[C@@H]3O. The molecule has 8 nitrogen and oxygen atoms in total. The van der Waals surface area contributed by atoms with Crippen LogP contribution in [0.25, 0.3) is 0 Å². The minimum Gasteiger partial charge on any atom is -0.507 e. The van der Waals surface area contributed by atoms with Crippen LogP contribution in [-0.2, 0) is 21.5 Å². The first-order valence-electron chi connectivity index (χ1n) is 13.9. The maximum absolute atomic E-state index is 14.3. The number of aliphatic hydroxyl groups is 1. The van der Waals surface area contributed by atoms with Gasteiger partial charge in [-0.05, 0) is 42.2 Å². The second kappa shape index (κ2) is 9.73. The van der Waals surface area contributed by atoms with Crippen molar-refractivity contribution < 1.29 is 34.1 Å². The lowest BCUT2D eigenvalue weighted by Crippen LogP contribution is -2.59. The molecule has 0 radical (unpaired) electrons. The first-order valence-corrected chi connectivity index (χ1v) is 13.9. The zero-order valence-electron chi connectivity index (χ0n) is 23.5. The molecule has 2 aliphatic heterocycles. The minimum absolute atomic E-state index is 0.00280. The van der Waals surface area contributed by atoms with Crippen LogP contribution in [0.5, 0.6) is 5.75 Å². The van der Waals surface area contributed by atoms with Crippen molar-refractivity contribution in [1.29, 1.82) is 0 Å². The van der Waals surface area contributed by atoms with Crippen LogP contribution in [0.3, 0.4) is 0 Å². The quantitative estimate of drug-likeness (QED) is 0.272. The van der Waals surface area contributed by atoms with Crippen LogP contribution in [-0.4, -0.2) is 52.2 Å². The van der Waals surface area contributed by atoms with Crippen molar-refractivity contribution >= 4 is 23.3 Å². The Bertz CT molecular complexity index is 1750. The highest BCUT2D eigenvalue weighted by Crippen LogP contribution is 2.70. The molecule has 42 heavy (non-hydrogen) atoms. The smallest absolute Gasteiger partial charge is 0.415 e. The Balaban J connectivity index is 1.71. The molecular weight excluding hydrogens is 534 g/mol. The Kier molecular flexibility index (Phi) is 6.38. The third-order valence-electron chi connectivity index (χ3n) is 8.47. The predicted molar refractivity (Wildman–Crippen MR) is 154 cm³/mol. The van der Waals surface area contributed by atoms with Crippen molar-refractivity contribution in [3.63, 3.8) is 0 Å². The van der Waals surface area contributed by atoms with Crippen molar-refractivity contribution in [1.82, 2.24) is 0 Å². The molecule has 0 aromatic heterocycles. The maximum Gasteiger partial charge on any atom is 0.415 e. The van der Waals surface area contributed by atoms with E-state index in [0.717, 1.165) is 12.0 Å². The Morgan fingerprint density at radius 2 is 1.86 bits per heavy atom. The molecule has 212 valence electrons. The molecule has 1 amide bonds. The average molecular weight is 564 g/mol. The number of anilines is 1. The first-order chi connectivity index (χ1) is 20.1. The van der Waals surface area contributed by atoms with E-state index >= 15 is 0 Å². The third-order valence-corrected chi connectivity index (χ3v) is 8.47. The second-order valence-corrected chi connectivity index (χ2v) is 11.1. The van der Waals surface area contributed by atoms with Crippen LogP contribution < -0.4 is 4.90 Å². The number of ether oxygens (including phenoxy) is 2. The summed E-state index contributed by atoms with van der Waals surface area (Å²) in [4.78, 5) is 43.4. The predicted octanol–water partition coefficient (Wildman–Crippen LogP) is 4.19. The monoisotopic (exact) mass is 563 g/mol. The minimum atomic E-state index is -1.57. The van der Waals surface area contributed by atoms with E-state index in [1.165, 1.54) is 29.2 Å². The van der Waals surface area contributed by atoms with Crippen molar-refractivity contribution in [2.75, 3.05) is 11.5 Å². The summed E-state index contributed by atoms with van der Waals surface area (Å²) in [5.41, 5.74) is -1.88. The van der Waals surface area contributed by atoms with E-state index in [1.54, 1.807) is 18.2 Å². The number of carbonyl (C=O) groups is 3. The van der Waals surface area contributed by atoms with Crippen molar-refractivity contribution in [3.05, 3.63) is 82.5 Å². The van der Waals surface area contributed by atoms with Crippen molar-refractivity contribution in [2.24, 2.45) is 5.92 Å². The first kappa shape index (κ1) is 27.5. The summed E-state index contributed by atoms with van der Waals surface area (Å²) < 4.78 is 12.0. The van der Waals surface area contributed by atoms with E-state index in [2.05, 4.69) is 30.3 Å². The molecule has 1 saturated heterocycles. The van der Waals surface area contributed by atoms with Gasteiger partial charge >= 0.3 is 6.09 Å². The number of epoxide rings is 1. The summed E-state index contributed by atoms with van der Waals surface area (Å²) >= 11 is 0. The number of fused-ring (bicyclic) bond motifs is 4. The molecule has 4 atom stereocenters. The summed E-state index contributed by atoms with van der Waals surface area (Å²) in [6.07, 6.45) is 3.67. The number of phenolic OH excluding ortho intramolecular Hbond substituents is 1. The molecule has 1 fully saturated rings. The van der Waals surface area contributed by atoms with Gasteiger partial charge in [-0.15, -0.1) is 0 Å². The van der Waals surface area contributed by atoms with Gasteiger partial charge in [0.2, 0.25) is 0 Å². The number of nitrogens with zero attached hydrogens (tertiary/aromatic N) is 1. The fourth-order valence-corrected chi connectivity index (χ4v) is 6.71. The molecule has 2 N–H and O–H groups in total. The Morgan fingerprint density at radius 1 is 1.14 bits per heavy atom. The molecule has 2 aromatic rings. The number of allylic oxidation sites excluding steroid dienone is 2. The molecule has 2 aromatic carbocycles. The van der Waals surface area contributed by atoms with E-state index in [0.29, 0.717) is 6.42 Å². The van der Waals surface area contributed by atoms with Crippen LogP contribution >= 0.6 is 0 Å². The zero-order valence-corrected chi connectivity index (χ0v) is 23.5. The highest BCUT2D eigenvalue weighted by Gasteiger charge is 2.83. The third kappa shape index (κ3) is 3.49. The van der Waals surface area contributed by atoms with Gasteiger partial charge in [0.25, 0.3) is 0 Å². The average Bonchev–Trinajstić information content (AvgIpc) is 3.69. The molecule has 8 heteroatoms. The van der Waals surface area contributed by atoms with E-state index in [-0.39, 0.29) is 46.0 Å². The van der Waals surface area contributed by atoms with Crippen LogP contribution in [0.4, 0.5) is 10.5 Å². The van der Waals surface area contributed by atoms with Gasteiger partial charge in [-0.1, -0.05) is 75.7 Å². The Labute approximate surface area is 243 Å². The van der Waals surface area contributed by atoms with Gasteiger partial charge in [-0.3, -0.25) is 14.5 Å². The van der Waals surface area contributed by atoms with Crippen LogP contribution in [0, 0.1) is 29.6 Å². The number of aliphatic hydroxyl groups excluding tert-OH is 1. The number of aromatic hydroxyl groups is 1. The maximum atomic E-state index is 14.3. The van der Waals surface area contributed by atoms with E-state index in [1.807, 2.05) is 20.8 Å². The molecule has 2 bridgehead atoms. The topological polar surface area (TPSA) is 117 Å². The van der Waals surface area contributed by atoms with Gasteiger partial charge in [-0.25, -0.2) is 4.79 Å². The van der Waals surface area contributed by atoms with E-state index in [4.69, 9.17) is 9.47 Å². The number of rotatable bonds is 5. The highest BCUT2D eigenvalue weighted by atomic mass is 16.6. The molecule has 2 heterocycles. The van der Waals surface area contributed by atoms with E-state index < -0.39 is 46.8 Å². The van der Waals surface area contributed by atoms with E-state index in [9.17, 15) is 24.6 Å².